The molecular weight excluding hydrogens is 222 g/mol. The van der Waals surface area contributed by atoms with Gasteiger partial charge in [-0.15, -0.1) is 0 Å². The highest BCUT2D eigenvalue weighted by Crippen LogP contribution is 2.40. The lowest BCUT2D eigenvalue weighted by atomic mass is 9.96. The molecule has 1 saturated carbocycles. The first-order valence-electron chi connectivity index (χ1n) is 6.04. The fraction of sp³-hybridized carbons (Fsp3) is 0.429. The van der Waals surface area contributed by atoms with Crippen molar-refractivity contribution >= 4 is 5.57 Å². The quantitative estimate of drug-likeness (QED) is 0.756. The third-order valence-electron chi connectivity index (χ3n) is 3.51. The van der Waals surface area contributed by atoms with E-state index < -0.39 is 11.6 Å². The summed E-state index contributed by atoms with van der Waals surface area (Å²) >= 11 is 0. The van der Waals surface area contributed by atoms with Crippen molar-refractivity contribution in [3.05, 3.63) is 41.7 Å². The van der Waals surface area contributed by atoms with Gasteiger partial charge in [-0.1, -0.05) is 0 Å². The Bertz CT molecular complexity index is 463. The van der Waals surface area contributed by atoms with Gasteiger partial charge in [0.1, 0.15) is 17.7 Å². The Morgan fingerprint density at radius 3 is 2.53 bits per heavy atom. The average molecular weight is 236 g/mol. The molecule has 0 N–H and O–H groups in total. The van der Waals surface area contributed by atoms with Gasteiger partial charge in [0.25, 0.3) is 0 Å². The molecular formula is C14H14F2O. The van der Waals surface area contributed by atoms with E-state index in [0.717, 1.165) is 24.5 Å². The Morgan fingerprint density at radius 2 is 1.94 bits per heavy atom. The Hall–Kier alpha value is -1.38. The molecule has 1 aliphatic carbocycles. The maximum absolute atomic E-state index is 13.6. The Labute approximate surface area is 99.1 Å². The molecule has 1 aliphatic heterocycles. The zero-order chi connectivity index (χ0) is 11.8. The summed E-state index contributed by atoms with van der Waals surface area (Å²) in [5.41, 5.74) is 1.29. The van der Waals surface area contributed by atoms with Crippen LogP contribution in [0.1, 0.15) is 31.2 Å². The van der Waals surface area contributed by atoms with E-state index in [4.69, 9.17) is 4.74 Å². The van der Waals surface area contributed by atoms with Crippen LogP contribution in [0.3, 0.4) is 0 Å². The van der Waals surface area contributed by atoms with Crippen LogP contribution in [-0.2, 0) is 4.74 Å². The van der Waals surface area contributed by atoms with Crippen LogP contribution in [0.15, 0.2) is 24.5 Å². The second kappa shape index (κ2) is 4.13. The SMILES string of the molecule is Fc1ccc(C2=CO[C@H](C3CC3)CC2)c(F)c1. The molecule has 0 bridgehead atoms. The zero-order valence-electron chi connectivity index (χ0n) is 9.46. The van der Waals surface area contributed by atoms with E-state index in [1.54, 1.807) is 6.26 Å². The van der Waals surface area contributed by atoms with Crippen LogP contribution in [-0.4, -0.2) is 6.10 Å². The van der Waals surface area contributed by atoms with Gasteiger partial charge in [-0.2, -0.15) is 0 Å². The van der Waals surface area contributed by atoms with Gasteiger partial charge >= 0.3 is 0 Å². The zero-order valence-corrected chi connectivity index (χ0v) is 9.46. The highest BCUT2D eigenvalue weighted by molar-refractivity contribution is 5.65. The lowest BCUT2D eigenvalue weighted by Gasteiger charge is -2.23. The van der Waals surface area contributed by atoms with Crippen molar-refractivity contribution in [3.63, 3.8) is 0 Å². The van der Waals surface area contributed by atoms with Crippen LogP contribution < -0.4 is 0 Å². The molecule has 1 fully saturated rings. The first-order chi connectivity index (χ1) is 8.24. The molecule has 17 heavy (non-hydrogen) atoms. The molecule has 3 heteroatoms. The van der Waals surface area contributed by atoms with Crippen molar-refractivity contribution in [2.24, 2.45) is 5.92 Å². The van der Waals surface area contributed by atoms with E-state index >= 15 is 0 Å². The summed E-state index contributed by atoms with van der Waals surface area (Å²) < 4.78 is 32.0. The fourth-order valence-electron chi connectivity index (χ4n) is 2.36. The number of benzene rings is 1. The number of hydrogen-bond acceptors (Lipinski definition) is 1. The van der Waals surface area contributed by atoms with E-state index in [1.165, 1.54) is 25.0 Å². The Morgan fingerprint density at radius 1 is 1.12 bits per heavy atom. The summed E-state index contributed by atoms with van der Waals surface area (Å²) in [5, 5.41) is 0. The van der Waals surface area contributed by atoms with Gasteiger partial charge < -0.3 is 4.74 Å². The molecule has 0 spiro atoms. The van der Waals surface area contributed by atoms with E-state index in [2.05, 4.69) is 0 Å². The summed E-state index contributed by atoms with van der Waals surface area (Å²) in [5.74, 6) is -0.352. The molecule has 0 amide bonds. The lowest BCUT2D eigenvalue weighted by Crippen LogP contribution is -2.16. The van der Waals surface area contributed by atoms with Gasteiger partial charge in [0.2, 0.25) is 0 Å². The van der Waals surface area contributed by atoms with E-state index in [-0.39, 0.29) is 0 Å². The largest absolute Gasteiger partial charge is 0.497 e. The minimum Gasteiger partial charge on any atom is -0.497 e. The number of rotatable bonds is 2. The van der Waals surface area contributed by atoms with Gasteiger partial charge in [-0.3, -0.25) is 0 Å². The molecule has 3 rings (SSSR count). The fourth-order valence-corrected chi connectivity index (χ4v) is 2.36. The first kappa shape index (κ1) is 10.8. The van der Waals surface area contributed by atoms with Crippen molar-refractivity contribution in [1.29, 1.82) is 0 Å². The third kappa shape index (κ3) is 2.19. The maximum Gasteiger partial charge on any atom is 0.133 e. The predicted molar refractivity (Wildman–Crippen MR) is 61.2 cm³/mol. The smallest absolute Gasteiger partial charge is 0.133 e. The van der Waals surface area contributed by atoms with Gasteiger partial charge in [-0.25, -0.2) is 8.78 Å². The van der Waals surface area contributed by atoms with Crippen molar-refractivity contribution in [2.75, 3.05) is 0 Å². The summed E-state index contributed by atoms with van der Waals surface area (Å²) in [6.45, 7) is 0. The number of hydrogen-bond donors (Lipinski definition) is 0. The van der Waals surface area contributed by atoms with Crippen LogP contribution in [0.25, 0.3) is 5.57 Å². The standard InChI is InChI=1S/C14H14F2O/c15-11-4-5-12(13(16)7-11)10-3-6-14(17-8-10)9-1-2-9/h4-5,7-9,14H,1-3,6H2/t14-/m0/s1. The number of ether oxygens (including phenoxy) is 1. The minimum absolute atomic E-state index is 0.308. The van der Waals surface area contributed by atoms with Crippen LogP contribution in [0.4, 0.5) is 8.78 Å². The van der Waals surface area contributed by atoms with Crippen molar-refractivity contribution in [1.82, 2.24) is 0 Å². The van der Waals surface area contributed by atoms with E-state index in [0.29, 0.717) is 17.6 Å². The summed E-state index contributed by atoms with van der Waals surface area (Å²) in [4.78, 5) is 0. The Balaban J connectivity index is 1.80. The normalized spacial score (nSPS) is 24.1. The topological polar surface area (TPSA) is 9.23 Å². The Kier molecular flexibility index (Phi) is 2.61. The molecule has 1 aromatic carbocycles. The first-order valence-corrected chi connectivity index (χ1v) is 6.04. The van der Waals surface area contributed by atoms with Gasteiger partial charge in [-0.05, 0) is 49.3 Å². The summed E-state index contributed by atoms with van der Waals surface area (Å²) in [7, 11) is 0. The molecule has 90 valence electrons. The van der Waals surface area contributed by atoms with Gasteiger partial charge in [0, 0.05) is 11.6 Å². The second-order valence-corrected chi connectivity index (χ2v) is 4.82. The van der Waals surface area contributed by atoms with Crippen molar-refractivity contribution in [2.45, 2.75) is 31.8 Å². The van der Waals surface area contributed by atoms with Gasteiger partial charge in [0.15, 0.2) is 0 Å². The van der Waals surface area contributed by atoms with Crippen molar-refractivity contribution < 1.29 is 13.5 Å². The maximum atomic E-state index is 13.6. The summed E-state index contributed by atoms with van der Waals surface area (Å²) in [6.07, 6.45) is 6.21. The van der Waals surface area contributed by atoms with E-state index in [1.807, 2.05) is 0 Å². The van der Waals surface area contributed by atoms with Crippen molar-refractivity contribution in [3.8, 4) is 0 Å². The monoisotopic (exact) mass is 236 g/mol. The number of allylic oxidation sites excluding steroid dienone is 1. The molecule has 0 unspecified atom stereocenters. The molecule has 1 atom stereocenters. The van der Waals surface area contributed by atoms with Crippen LogP contribution in [0.2, 0.25) is 0 Å². The summed E-state index contributed by atoms with van der Waals surface area (Å²) in [6, 6.07) is 3.69. The highest BCUT2D eigenvalue weighted by Gasteiger charge is 2.33. The number of halogens is 2. The van der Waals surface area contributed by atoms with Crippen LogP contribution in [0, 0.1) is 17.6 Å². The predicted octanol–water partition coefficient (Wildman–Crippen LogP) is 3.89. The lowest BCUT2D eigenvalue weighted by molar-refractivity contribution is 0.107. The molecule has 1 aromatic rings. The minimum atomic E-state index is -0.542. The molecule has 0 aromatic heterocycles. The molecule has 1 heterocycles. The molecule has 1 nitrogen and oxygen atoms in total. The van der Waals surface area contributed by atoms with E-state index in [9.17, 15) is 8.78 Å². The molecule has 0 radical (unpaired) electrons. The molecule has 0 saturated heterocycles. The highest BCUT2D eigenvalue weighted by atomic mass is 19.1. The third-order valence-corrected chi connectivity index (χ3v) is 3.51. The van der Waals surface area contributed by atoms with Gasteiger partial charge in [0.05, 0.1) is 6.26 Å². The average Bonchev–Trinajstić information content (AvgIpc) is 3.13. The van der Waals surface area contributed by atoms with Crippen LogP contribution in [0.5, 0.6) is 0 Å². The van der Waals surface area contributed by atoms with Crippen LogP contribution >= 0.6 is 0 Å². The molecule has 2 aliphatic rings. The second-order valence-electron chi connectivity index (χ2n) is 4.82.